The molecule has 1 aromatic carbocycles. The van der Waals surface area contributed by atoms with Crippen molar-refractivity contribution in [1.82, 2.24) is 9.78 Å². The minimum Gasteiger partial charge on any atom is -0.487 e. The van der Waals surface area contributed by atoms with Crippen LogP contribution in [0, 0.1) is 13.8 Å². The van der Waals surface area contributed by atoms with Gasteiger partial charge in [-0.15, -0.1) is 0 Å². The van der Waals surface area contributed by atoms with Gasteiger partial charge in [0, 0.05) is 12.1 Å². The minimum absolute atomic E-state index is 0.499. The van der Waals surface area contributed by atoms with E-state index < -0.39 is 0 Å². The Morgan fingerprint density at radius 1 is 1.29 bits per heavy atom. The molecule has 3 nitrogen and oxygen atoms in total. The summed E-state index contributed by atoms with van der Waals surface area (Å²) < 4.78 is 7.58. The van der Waals surface area contributed by atoms with Crippen LogP contribution in [0.25, 0.3) is 0 Å². The highest BCUT2D eigenvalue weighted by atomic mass is 35.5. The predicted molar refractivity (Wildman–Crippen MR) is 68.5 cm³/mol. The van der Waals surface area contributed by atoms with E-state index in [1.807, 2.05) is 49.8 Å². The van der Waals surface area contributed by atoms with E-state index in [4.69, 9.17) is 16.3 Å². The first-order valence-electron chi connectivity index (χ1n) is 5.45. The molecule has 0 aliphatic carbocycles. The van der Waals surface area contributed by atoms with Crippen molar-refractivity contribution in [1.29, 1.82) is 0 Å². The molecule has 17 heavy (non-hydrogen) atoms. The molecule has 2 rings (SSSR count). The van der Waals surface area contributed by atoms with Gasteiger partial charge < -0.3 is 4.74 Å². The van der Waals surface area contributed by atoms with Crippen molar-refractivity contribution < 1.29 is 4.74 Å². The number of nitrogens with zero attached hydrogens (tertiary/aromatic N) is 2. The molecular formula is C13H15ClN2O. The van der Waals surface area contributed by atoms with E-state index in [0.717, 1.165) is 22.7 Å². The first kappa shape index (κ1) is 12.0. The van der Waals surface area contributed by atoms with Gasteiger partial charge in [-0.2, -0.15) is 5.10 Å². The van der Waals surface area contributed by atoms with Crippen LogP contribution in [-0.2, 0) is 13.7 Å². The Labute approximate surface area is 106 Å². The Morgan fingerprint density at radius 3 is 2.71 bits per heavy atom. The van der Waals surface area contributed by atoms with Crippen molar-refractivity contribution >= 4 is 11.6 Å². The second-order valence-corrected chi connectivity index (χ2v) is 4.54. The van der Waals surface area contributed by atoms with Crippen molar-refractivity contribution in [2.45, 2.75) is 20.5 Å². The molecule has 0 atom stereocenters. The fourth-order valence-electron chi connectivity index (χ4n) is 1.68. The lowest BCUT2D eigenvalue weighted by atomic mass is 10.2. The van der Waals surface area contributed by atoms with Crippen LogP contribution in [0.5, 0.6) is 5.75 Å². The van der Waals surface area contributed by atoms with Crippen molar-refractivity contribution in [3.63, 3.8) is 0 Å². The summed E-state index contributed by atoms with van der Waals surface area (Å²) in [4.78, 5) is 0. The second kappa shape index (κ2) is 4.80. The van der Waals surface area contributed by atoms with Gasteiger partial charge in [-0.25, -0.2) is 0 Å². The van der Waals surface area contributed by atoms with Gasteiger partial charge in [0.15, 0.2) is 0 Å². The fourth-order valence-corrected chi connectivity index (χ4v) is 1.84. The molecule has 2 aromatic rings. The molecule has 0 radical (unpaired) electrons. The predicted octanol–water partition coefficient (Wildman–Crippen LogP) is 3.27. The zero-order valence-electron chi connectivity index (χ0n) is 10.2. The summed E-state index contributed by atoms with van der Waals surface area (Å²) in [6.45, 7) is 4.47. The maximum Gasteiger partial charge on any atom is 0.130 e. The van der Waals surface area contributed by atoms with Gasteiger partial charge in [0.25, 0.3) is 0 Å². The molecular weight excluding hydrogens is 236 g/mol. The molecule has 1 aromatic heterocycles. The van der Waals surface area contributed by atoms with Crippen LogP contribution in [0.2, 0.25) is 5.02 Å². The van der Waals surface area contributed by atoms with Gasteiger partial charge in [-0.05, 0) is 37.6 Å². The molecule has 0 aliphatic heterocycles. The van der Waals surface area contributed by atoms with Crippen LogP contribution in [0.15, 0.2) is 24.3 Å². The van der Waals surface area contributed by atoms with Gasteiger partial charge in [-0.3, -0.25) is 4.68 Å². The van der Waals surface area contributed by atoms with E-state index in [2.05, 4.69) is 5.10 Å². The van der Waals surface area contributed by atoms with Crippen LogP contribution in [0.1, 0.15) is 17.0 Å². The summed E-state index contributed by atoms with van der Waals surface area (Å²) in [5.41, 5.74) is 3.11. The van der Waals surface area contributed by atoms with E-state index in [-0.39, 0.29) is 0 Å². The Morgan fingerprint density at radius 2 is 2.06 bits per heavy atom. The largest absolute Gasteiger partial charge is 0.487 e. The molecule has 90 valence electrons. The number of aryl methyl sites for hydroxylation is 3. The lowest BCUT2D eigenvalue weighted by Crippen LogP contribution is -2.03. The molecule has 4 heteroatoms. The topological polar surface area (TPSA) is 27.1 Å². The molecule has 0 saturated heterocycles. The number of aromatic nitrogens is 2. The summed E-state index contributed by atoms with van der Waals surface area (Å²) in [6.07, 6.45) is 0. The van der Waals surface area contributed by atoms with Crippen molar-refractivity contribution in [3.05, 3.63) is 46.2 Å². The van der Waals surface area contributed by atoms with Gasteiger partial charge in [0.05, 0.1) is 11.4 Å². The molecule has 0 spiro atoms. The quantitative estimate of drug-likeness (QED) is 0.836. The number of halogens is 1. The van der Waals surface area contributed by atoms with E-state index in [9.17, 15) is 0 Å². The summed E-state index contributed by atoms with van der Waals surface area (Å²) in [7, 11) is 1.91. The Bertz CT molecular complexity index is 534. The summed E-state index contributed by atoms with van der Waals surface area (Å²) in [5, 5.41) is 4.96. The van der Waals surface area contributed by atoms with Crippen LogP contribution < -0.4 is 4.74 Å². The molecule has 0 aliphatic rings. The molecule has 0 bridgehead atoms. The van der Waals surface area contributed by atoms with Crippen molar-refractivity contribution in [3.8, 4) is 5.75 Å². The van der Waals surface area contributed by atoms with Crippen LogP contribution in [-0.4, -0.2) is 9.78 Å². The molecule has 0 amide bonds. The molecule has 1 heterocycles. The summed E-state index contributed by atoms with van der Waals surface area (Å²) in [6, 6.07) is 7.66. The van der Waals surface area contributed by atoms with Gasteiger partial charge in [0.1, 0.15) is 12.4 Å². The van der Waals surface area contributed by atoms with Crippen LogP contribution in [0.3, 0.4) is 0 Å². The third-order valence-electron chi connectivity index (χ3n) is 2.62. The zero-order chi connectivity index (χ0) is 12.4. The van der Waals surface area contributed by atoms with Crippen molar-refractivity contribution in [2.75, 3.05) is 0 Å². The molecule has 0 fully saturated rings. The number of ether oxygens (including phenoxy) is 1. The number of hydrogen-bond donors (Lipinski definition) is 0. The highest BCUT2D eigenvalue weighted by Gasteiger charge is 2.05. The Kier molecular flexibility index (Phi) is 3.38. The monoisotopic (exact) mass is 250 g/mol. The number of rotatable bonds is 3. The number of benzene rings is 1. The van der Waals surface area contributed by atoms with E-state index in [0.29, 0.717) is 11.6 Å². The van der Waals surface area contributed by atoms with Gasteiger partial charge >= 0.3 is 0 Å². The second-order valence-electron chi connectivity index (χ2n) is 4.10. The minimum atomic E-state index is 0.499. The SMILES string of the molecule is Cc1cc(COc2cc(Cl)ccc2C)n(C)n1. The van der Waals surface area contributed by atoms with Crippen molar-refractivity contribution in [2.24, 2.45) is 7.05 Å². The molecule has 0 N–H and O–H groups in total. The first-order valence-corrected chi connectivity index (χ1v) is 5.82. The maximum absolute atomic E-state index is 5.94. The highest BCUT2D eigenvalue weighted by Crippen LogP contribution is 2.23. The van der Waals surface area contributed by atoms with E-state index in [1.165, 1.54) is 0 Å². The normalized spacial score (nSPS) is 10.6. The average molecular weight is 251 g/mol. The van der Waals surface area contributed by atoms with E-state index in [1.54, 1.807) is 0 Å². The van der Waals surface area contributed by atoms with E-state index >= 15 is 0 Å². The fraction of sp³-hybridized carbons (Fsp3) is 0.308. The Balaban J connectivity index is 2.12. The third kappa shape index (κ3) is 2.80. The van der Waals surface area contributed by atoms with Crippen LogP contribution >= 0.6 is 11.6 Å². The standard InChI is InChI=1S/C13H15ClN2O/c1-9-4-5-11(14)7-13(9)17-8-12-6-10(2)15-16(12)3/h4-7H,8H2,1-3H3. The lowest BCUT2D eigenvalue weighted by Gasteiger charge is -2.09. The maximum atomic E-state index is 5.94. The first-order chi connectivity index (χ1) is 8.06. The summed E-state index contributed by atoms with van der Waals surface area (Å²) >= 11 is 5.94. The Hall–Kier alpha value is -1.48. The lowest BCUT2D eigenvalue weighted by molar-refractivity contribution is 0.293. The molecule has 0 unspecified atom stereocenters. The average Bonchev–Trinajstić information content (AvgIpc) is 2.59. The van der Waals surface area contributed by atoms with Gasteiger partial charge in [0.2, 0.25) is 0 Å². The van der Waals surface area contributed by atoms with Gasteiger partial charge in [-0.1, -0.05) is 17.7 Å². The highest BCUT2D eigenvalue weighted by molar-refractivity contribution is 6.30. The molecule has 0 saturated carbocycles. The third-order valence-corrected chi connectivity index (χ3v) is 2.86. The summed E-state index contributed by atoms with van der Waals surface area (Å²) in [5.74, 6) is 0.816. The number of hydrogen-bond acceptors (Lipinski definition) is 2. The zero-order valence-corrected chi connectivity index (χ0v) is 11.0. The smallest absolute Gasteiger partial charge is 0.130 e. The van der Waals surface area contributed by atoms with Crippen LogP contribution in [0.4, 0.5) is 0 Å².